The highest BCUT2D eigenvalue weighted by molar-refractivity contribution is 7.46. The number of ether oxygens (including phenoxy) is 2. The molecule has 2 aliphatic rings. The van der Waals surface area contributed by atoms with E-state index in [9.17, 15) is 9.67 Å². The summed E-state index contributed by atoms with van der Waals surface area (Å²) in [7, 11) is -4.88. The van der Waals surface area contributed by atoms with Crippen molar-refractivity contribution in [3.63, 3.8) is 0 Å². The van der Waals surface area contributed by atoms with Crippen molar-refractivity contribution in [2.24, 2.45) is 0 Å². The quantitative estimate of drug-likeness (QED) is 0.505. The van der Waals surface area contributed by atoms with Crippen molar-refractivity contribution >= 4 is 24.8 Å². The Hall–Kier alpha value is -2.08. The van der Waals surface area contributed by atoms with Crippen LogP contribution < -0.4 is 5.73 Å². The van der Waals surface area contributed by atoms with Gasteiger partial charge in [0.15, 0.2) is 17.6 Å². The zero-order chi connectivity index (χ0) is 17.8. The number of aliphatic hydroxyl groups is 1. The zero-order valence-electron chi connectivity index (χ0n) is 12.5. The molecule has 25 heavy (non-hydrogen) atoms. The minimum absolute atomic E-state index is 0.101. The van der Waals surface area contributed by atoms with Crippen LogP contribution in [0.25, 0.3) is 11.2 Å². The van der Waals surface area contributed by atoms with Gasteiger partial charge in [0.2, 0.25) is 0 Å². The Morgan fingerprint density at radius 1 is 1.40 bits per heavy atom. The van der Waals surface area contributed by atoms with Crippen molar-refractivity contribution in [1.82, 2.24) is 19.5 Å². The van der Waals surface area contributed by atoms with Crippen molar-refractivity contribution in [1.29, 1.82) is 0 Å². The van der Waals surface area contributed by atoms with Gasteiger partial charge in [-0.3, -0.25) is 4.57 Å². The molecule has 0 aromatic carbocycles. The second-order valence-corrected chi connectivity index (χ2v) is 6.78. The van der Waals surface area contributed by atoms with Crippen LogP contribution in [0.2, 0.25) is 0 Å². The maximum Gasteiger partial charge on any atom is 0.473 e. The van der Waals surface area contributed by atoms with Crippen LogP contribution in [0.3, 0.4) is 0 Å². The maximum atomic E-state index is 11.2. The summed E-state index contributed by atoms with van der Waals surface area (Å²) in [6.45, 7) is 0. The highest BCUT2D eigenvalue weighted by Gasteiger charge is 2.56. The molecule has 2 aromatic heterocycles. The van der Waals surface area contributed by atoms with Crippen LogP contribution in [0.4, 0.5) is 5.82 Å². The number of nitrogens with zero attached hydrogens (tertiary/aromatic N) is 4. The van der Waals surface area contributed by atoms with Crippen molar-refractivity contribution in [3.05, 3.63) is 25.0 Å². The van der Waals surface area contributed by atoms with Crippen LogP contribution >= 0.6 is 7.82 Å². The number of anilines is 1. The van der Waals surface area contributed by atoms with Crippen LogP contribution in [-0.2, 0) is 18.6 Å². The fourth-order valence-corrected chi connectivity index (χ4v) is 3.50. The molecule has 0 radical (unpaired) electrons. The first-order chi connectivity index (χ1) is 11.8. The van der Waals surface area contributed by atoms with E-state index in [1.807, 2.05) is 0 Å². The van der Waals surface area contributed by atoms with E-state index in [4.69, 9.17) is 29.5 Å². The Morgan fingerprint density at radius 3 is 2.80 bits per heavy atom. The molecule has 2 aromatic rings. The van der Waals surface area contributed by atoms with Crippen molar-refractivity contribution in [3.8, 4) is 0 Å². The average Bonchev–Trinajstić information content (AvgIpc) is 3.07. The average molecular weight is 371 g/mol. The van der Waals surface area contributed by atoms with Gasteiger partial charge in [-0.15, -0.1) is 0 Å². The Kier molecular flexibility index (Phi) is 3.58. The number of aromatic nitrogens is 4. The first-order valence-corrected chi connectivity index (χ1v) is 8.70. The highest BCUT2D eigenvalue weighted by Crippen LogP contribution is 2.50. The minimum Gasteiger partial charge on any atom is -0.463 e. The zero-order valence-corrected chi connectivity index (χ0v) is 13.4. The number of nitrogens with two attached hydrogens (primary N) is 1. The molecule has 13 heteroatoms. The summed E-state index contributed by atoms with van der Waals surface area (Å²) in [5, 5.41) is 10.3. The van der Waals surface area contributed by atoms with Crippen molar-refractivity contribution < 1.29 is 33.5 Å². The molecular formula is C12H14N5O7P. The lowest BCUT2D eigenvalue weighted by atomic mass is 10.0. The Labute approximate surface area is 140 Å². The summed E-state index contributed by atoms with van der Waals surface area (Å²) in [6.07, 6.45) is 2.29. The van der Waals surface area contributed by atoms with E-state index in [1.165, 1.54) is 25.0 Å². The van der Waals surface area contributed by atoms with Crippen molar-refractivity contribution in [2.75, 3.05) is 5.73 Å². The second-order valence-electron chi connectivity index (χ2n) is 5.62. The van der Waals surface area contributed by atoms with Crippen LogP contribution in [-0.4, -0.2) is 52.4 Å². The minimum atomic E-state index is -4.88. The monoisotopic (exact) mass is 371 g/mol. The Balaban J connectivity index is 1.64. The smallest absolute Gasteiger partial charge is 0.463 e. The van der Waals surface area contributed by atoms with E-state index in [0.29, 0.717) is 11.2 Å². The van der Waals surface area contributed by atoms with E-state index in [2.05, 4.69) is 15.0 Å². The van der Waals surface area contributed by atoms with Gasteiger partial charge in [0.05, 0.1) is 18.7 Å². The first-order valence-electron chi connectivity index (χ1n) is 7.17. The van der Waals surface area contributed by atoms with E-state index in [0.717, 1.165) is 0 Å². The predicted octanol–water partition coefficient (Wildman–Crippen LogP) is -0.594. The molecule has 1 saturated heterocycles. The third-order valence-corrected chi connectivity index (χ3v) is 4.53. The van der Waals surface area contributed by atoms with E-state index >= 15 is 0 Å². The van der Waals surface area contributed by atoms with E-state index < -0.39 is 32.0 Å². The number of aliphatic hydroxyl groups excluding tert-OH is 1. The Morgan fingerprint density at radius 2 is 2.16 bits per heavy atom. The fourth-order valence-electron chi connectivity index (χ4n) is 2.92. The molecule has 4 rings (SSSR count). The topological polar surface area (TPSA) is 175 Å². The molecule has 0 spiro atoms. The number of hydrogen-bond donors (Lipinski definition) is 4. The molecule has 0 amide bonds. The van der Waals surface area contributed by atoms with Gasteiger partial charge in [0, 0.05) is 12.5 Å². The van der Waals surface area contributed by atoms with Gasteiger partial charge in [-0.05, 0) is 0 Å². The lowest BCUT2D eigenvalue weighted by molar-refractivity contribution is -0.237. The molecule has 5 N–H and O–H groups in total. The van der Waals surface area contributed by atoms with Crippen LogP contribution in [0, 0.1) is 0 Å². The summed E-state index contributed by atoms with van der Waals surface area (Å²) in [4.78, 5) is 30.2. The summed E-state index contributed by atoms with van der Waals surface area (Å²) in [6, 6.07) is 0. The largest absolute Gasteiger partial charge is 0.473 e. The first kappa shape index (κ1) is 16.4. The lowest BCUT2D eigenvalue weighted by Gasteiger charge is -2.40. The van der Waals surface area contributed by atoms with Crippen molar-refractivity contribution in [2.45, 2.75) is 30.6 Å². The van der Waals surface area contributed by atoms with Gasteiger partial charge in [0.1, 0.15) is 18.1 Å². The third-order valence-electron chi connectivity index (χ3n) is 4.00. The Bertz CT molecular complexity index is 897. The normalized spacial score (nSPS) is 31.9. The SMILES string of the molecule is Nc1ncnc2c1ncn2[C@H]1C[C@H](O)[C@@H](C2(OP(=O)(O)O)C=CO2)O1. The fraction of sp³-hybridized carbons (Fsp3) is 0.417. The maximum absolute atomic E-state index is 11.2. The summed E-state index contributed by atoms with van der Waals surface area (Å²) in [5.41, 5.74) is 6.52. The standard InChI is InChI=1S/C12H14N5O7P/c13-10-8-11(15-4-14-10)17(5-16-8)7-3-6(18)9(23-7)12(1-2-22-12)24-25(19,20)21/h1-2,4-7,9,18H,3H2,(H2,13,14,15)(H2,19,20,21)/t6-,7+,9-,12?/m0/s1. The molecule has 1 fully saturated rings. The number of phosphoric ester groups is 1. The molecule has 4 heterocycles. The summed E-state index contributed by atoms with van der Waals surface area (Å²) < 4.78 is 28.3. The lowest BCUT2D eigenvalue weighted by Crippen LogP contribution is -2.52. The van der Waals surface area contributed by atoms with E-state index in [-0.39, 0.29) is 12.2 Å². The summed E-state index contributed by atoms with van der Waals surface area (Å²) in [5.74, 6) is -1.66. The van der Waals surface area contributed by atoms with Gasteiger partial charge in [-0.25, -0.2) is 24.0 Å². The van der Waals surface area contributed by atoms with Gasteiger partial charge < -0.3 is 30.1 Å². The third kappa shape index (κ3) is 2.68. The number of rotatable bonds is 4. The number of imidazole rings is 1. The van der Waals surface area contributed by atoms with E-state index in [1.54, 1.807) is 4.57 Å². The van der Waals surface area contributed by atoms with Crippen LogP contribution in [0.1, 0.15) is 12.6 Å². The molecule has 0 bridgehead atoms. The van der Waals surface area contributed by atoms with Crippen LogP contribution in [0.5, 0.6) is 0 Å². The number of nitrogen functional groups attached to an aromatic ring is 1. The van der Waals surface area contributed by atoms with Crippen LogP contribution in [0.15, 0.2) is 25.0 Å². The van der Waals surface area contributed by atoms with Gasteiger partial charge in [0.25, 0.3) is 5.79 Å². The molecule has 0 saturated carbocycles. The molecular weight excluding hydrogens is 357 g/mol. The second kappa shape index (κ2) is 5.46. The molecule has 4 atom stereocenters. The molecule has 12 nitrogen and oxygen atoms in total. The number of hydrogen-bond acceptors (Lipinski definition) is 9. The van der Waals surface area contributed by atoms with Gasteiger partial charge in [-0.1, -0.05) is 0 Å². The predicted molar refractivity (Wildman–Crippen MR) is 80.4 cm³/mol. The number of phosphoric acid groups is 1. The van der Waals surface area contributed by atoms with Gasteiger partial charge >= 0.3 is 7.82 Å². The summed E-state index contributed by atoms with van der Waals surface area (Å²) >= 11 is 0. The molecule has 0 aliphatic carbocycles. The van der Waals surface area contributed by atoms with Gasteiger partial charge in [-0.2, -0.15) is 0 Å². The molecule has 134 valence electrons. The molecule has 2 aliphatic heterocycles. The number of fused-ring (bicyclic) bond motifs is 1. The highest BCUT2D eigenvalue weighted by atomic mass is 31.2. The molecule has 1 unspecified atom stereocenters.